The second kappa shape index (κ2) is 6.30. The van der Waals surface area contributed by atoms with E-state index in [-0.39, 0.29) is 17.6 Å². The van der Waals surface area contributed by atoms with Crippen LogP contribution in [0.5, 0.6) is 0 Å². The highest BCUT2D eigenvalue weighted by Crippen LogP contribution is 2.65. The second-order valence-electron chi connectivity index (χ2n) is 10.1. The minimum atomic E-state index is 0.00437. The van der Waals surface area contributed by atoms with Crippen LogP contribution in [0.25, 0.3) is 0 Å². The minimum Gasteiger partial charge on any atom is -0.374 e. The van der Waals surface area contributed by atoms with Crippen molar-refractivity contribution in [2.45, 2.75) is 94.9 Å². The zero-order valence-electron chi connectivity index (χ0n) is 16.8. The van der Waals surface area contributed by atoms with E-state index in [1.165, 1.54) is 62.8 Å². The lowest BCUT2D eigenvalue weighted by atomic mass is 9.74. The van der Waals surface area contributed by atoms with Crippen molar-refractivity contribution in [1.29, 1.82) is 0 Å². The molecule has 5 aliphatic rings. The maximum atomic E-state index is 12.5. The highest BCUT2D eigenvalue weighted by atomic mass is 16.5. The Morgan fingerprint density at radius 3 is 2.79 bits per heavy atom. The van der Waals surface area contributed by atoms with Gasteiger partial charge in [-0.05, 0) is 69.6 Å². The van der Waals surface area contributed by atoms with E-state index in [1.54, 1.807) is 0 Å². The standard InChI is InChI=1S/C22H32N4O2/c27-20(25-18-11-21(18)8-9-21)10-15-12-26(22(14-28-15)6-3-7-22)13-19-23-16-4-1-2-5-17(16)24-19/h15,18H,1-14H2,(H,23,24)(H,25,27). The van der Waals surface area contributed by atoms with E-state index in [1.807, 2.05) is 0 Å². The number of hydrogen-bond acceptors (Lipinski definition) is 4. The van der Waals surface area contributed by atoms with Crippen LogP contribution in [0.15, 0.2) is 0 Å². The Balaban J connectivity index is 1.11. The van der Waals surface area contributed by atoms with Crippen molar-refractivity contribution < 1.29 is 9.53 Å². The largest absolute Gasteiger partial charge is 0.374 e. The van der Waals surface area contributed by atoms with Gasteiger partial charge in [0, 0.05) is 23.8 Å². The Morgan fingerprint density at radius 1 is 1.21 bits per heavy atom. The molecule has 6 heteroatoms. The maximum absolute atomic E-state index is 12.5. The third kappa shape index (κ3) is 3.00. The first-order chi connectivity index (χ1) is 13.6. The summed E-state index contributed by atoms with van der Waals surface area (Å²) in [5, 5.41) is 3.24. The lowest BCUT2D eigenvalue weighted by molar-refractivity contribution is -0.154. The van der Waals surface area contributed by atoms with Crippen molar-refractivity contribution in [2.75, 3.05) is 13.2 Å². The van der Waals surface area contributed by atoms with Crippen molar-refractivity contribution in [1.82, 2.24) is 20.2 Å². The quantitative estimate of drug-likeness (QED) is 0.818. The molecule has 1 amide bonds. The summed E-state index contributed by atoms with van der Waals surface area (Å²) in [4.78, 5) is 23.6. The zero-order chi connectivity index (χ0) is 18.8. The smallest absolute Gasteiger partial charge is 0.222 e. The Labute approximate surface area is 166 Å². The Hall–Kier alpha value is -1.40. The highest BCUT2D eigenvalue weighted by molar-refractivity contribution is 5.77. The Morgan fingerprint density at radius 2 is 2.07 bits per heavy atom. The molecule has 2 unspecified atom stereocenters. The number of rotatable bonds is 5. The van der Waals surface area contributed by atoms with Crippen LogP contribution < -0.4 is 5.32 Å². The van der Waals surface area contributed by atoms with Gasteiger partial charge in [0.15, 0.2) is 0 Å². The van der Waals surface area contributed by atoms with Crippen molar-refractivity contribution in [2.24, 2.45) is 5.41 Å². The number of aromatic amines is 1. The summed E-state index contributed by atoms with van der Waals surface area (Å²) in [6.07, 6.45) is 12.8. The summed E-state index contributed by atoms with van der Waals surface area (Å²) in [6, 6.07) is 0.451. The highest BCUT2D eigenvalue weighted by Gasteiger charge is 2.63. The van der Waals surface area contributed by atoms with Crippen LogP contribution in [0.3, 0.4) is 0 Å². The number of imidazole rings is 1. The van der Waals surface area contributed by atoms with Gasteiger partial charge >= 0.3 is 0 Å². The number of fused-ring (bicyclic) bond motifs is 1. The van der Waals surface area contributed by atoms with Gasteiger partial charge < -0.3 is 15.0 Å². The van der Waals surface area contributed by atoms with Crippen molar-refractivity contribution in [3.8, 4) is 0 Å². The molecule has 0 aromatic carbocycles. The molecule has 0 radical (unpaired) electrons. The first kappa shape index (κ1) is 17.5. The molecule has 2 atom stereocenters. The molecule has 2 spiro atoms. The average molecular weight is 385 g/mol. The average Bonchev–Trinajstić information content (AvgIpc) is 3.52. The van der Waals surface area contributed by atoms with E-state index in [9.17, 15) is 4.79 Å². The van der Waals surface area contributed by atoms with Crippen LogP contribution in [0.4, 0.5) is 0 Å². The van der Waals surface area contributed by atoms with Gasteiger partial charge in [-0.15, -0.1) is 0 Å². The van der Waals surface area contributed by atoms with Gasteiger partial charge in [-0.25, -0.2) is 4.98 Å². The summed E-state index contributed by atoms with van der Waals surface area (Å²) in [5.41, 5.74) is 3.33. The van der Waals surface area contributed by atoms with Crippen molar-refractivity contribution in [3.05, 3.63) is 17.2 Å². The van der Waals surface area contributed by atoms with E-state index in [0.29, 0.717) is 17.9 Å². The van der Waals surface area contributed by atoms with E-state index in [2.05, 4.69) is 15.2 Å². The van der Waals surface area contributed by atoms with Gasteiger partial charge in [0.2, 0.25) is 5.91 Å². The number of aryl methyl sites for hydroxylation is 2. The van der Waals surface area contributed by atoms with E-state index in [0.717, 1.165) is 38.4 Å². The first-order valence-electron chi connectivity index (χ1n) is 11.4. The van der Waals surface area contributed by atoms with Crippen LogP contribution in [0.2, 0.25) is 0 Å². The molecular weight excluding hydrogens is 352 g/mol. The molecule has 6 nitrogen and oxygen atoms in total. The summed E-state index contributed by atoms with van der Waals surface area (Å²) < 4.78 is 6.19. The summed E-state index contributed by atoms with van der Waals surface area (Å²) in [7, 11) is 0. The molecule has 28 heavy (non-hydrogen) atoms. The maximum Gasteiger partial charge on any atom is 0.222 e. The fraction of sp³-hybridized carbons (Fsp3) is 0.818. The fourth-order valence-corrected chi connectivity index (χ4v) is 5.75. The molecule has 3 saturated carbocycles. The molecule has 0 bridgehead atoms. The van der Waals surface area contributed by atoms with Crippen LogP contribution >= 0.6 is 0 Å². The predicted octanol–water partition coefficient (Wildman–Crippen LogP) is 2.47. The molecule has 1 saturated heterocycles. The van der Waals surface area contributed by atoms with Crippen LogP contribution in [0, 0.1) is 5.41 Å². The predicted molar refractivity (Wildman–Crippen MR) is 105 cm³/mol. The number of carbonyl (C=O) groups excluding carboxylic acids is 1. The molecule has 2 N–H and O–H groups in total. The number of carbonyl (C=O) groups is 1. The molecule has 2 heterocycles. The molecule has 6 rings (SSSR count). The normalized spacial score (nSPS) is 32.0. The monoisotopic (exact) mass is 384 g/mol. The Kier molecular flexibility index (Phi) is 3.93. The summed E-state index contributed by atoms with van der Waals surface area (Å²) in [6.45, 7) is 2.47. The van der Waals surface area contributed by atoms with Crippen molar-refractivity contribution in [3.63, 3.8) is 0 Å². The van der Waals surface area contributed by atoms with Gasteiger partial charge in [-0.3, -0.25) is 9.69 Å². The van der Waals surface area contributed by atoms with Crippen molar-refractivity contribution >= 4 is 5.91 Å². The van der Waals surface area contributed by atoms with Gasteiger partial charge in [-0.1, -0.05) is 0 Å². The summed E-state index contributed by atoms with van der Waals surface area (Å²) >= 11 is 0. The first-order valence-corrected chi connectivity index (χ1v) is 11.4. The number of ether oxygens (including phenoxy) is 1. The third-order valence-corrected chi connectivity index (χ3v) is 8.14. The topological polar surface area (TPSA) is 70.2 Å². The molecule has 1 aliphatic heterocycles. The van der Waals surface area contributed by atoms with Gasteiger partial charge in [0.25, 0.3) is 0 Å². The molecule has 152 valence electrons. The van der Waals surface area contributed by atoms with Crippen LogP contribution in [-0.2, 0) is 28.9 Å². The number of morpholine rings is 1. The minimum absolute atomic E-state index is 0.00437. The van der Waals surface area contributed by atoms with E-state index < -0.39 is 0 Å². The van der Waals surface area contributed by atoms with Gasteiger partial charge in [0.05, 0.1) is 31.4 Å². The molecule has 4 aliphatic carbocycles. The van der Waals surface area contributed by atoms with E-state index >= 15 is 0 Å². The molecule has 4 fully saturated rings. The molecule has 1 aromatic rings. The van der Waals surface area contributed by atoms with Crippen LogP contribution in [0.1, 0.15) is 75.0 Å². The van der Waals surface area contributed by atoms with E-state index in [4.69, 9.17) is 9.72 Å². The number of hydrogen-bond donors (Lipinski definition) is 2. The SMILES string of the molecule is O=C(CC1CN(Cc2nc3c([nH]2)CCCC3)C2(CCC2)CO1)NC1CC12CC2. The van der Waals surface area contributed by atoms with Gasteiger partial charge in [-0.2, -0.15) is 0 Å². The zero-order valence-corrected chi connectivity index (χ0v) is 16.8. The fourth-order valence-electron chi connectivity index (χ4n) is 5.75. The lowest BCUT2D eigenvalue weighted by Crippen LogP contribution is -2.62. The number of amides is 1. The molecule has 1 aromatic heterocycles. The molecular formula is C22H32N4O2. The van der Waals surface area contributed by atoms with Crippen LogP contribution in [-0.4, -0.2) is 51.6 Å². The Bertz CT molecular complexity index is 756. The number of nitrogens with zero attached hydrogens (tertiary/aromatic N) is 2. The number of nitrogens with one attached hydrogen (secondary N) is 2. The lowest BCUT2D eigenvalue weighted by Gasteiger charge is -2.54. The third-order valence-electron chi connectivity index (χ3n) is 8.14. The number of aromatic nitrogens is 2. The number of H-pyrrole nitrogens is 1. The summed E-state index contributed by atoms with van der Waals surface area (Å²) in [5.74, 6) is 1.29. The second-order valence-corrected chi connectivity index (χ2v) is 10.1. The van der Waals surface area contributed by atoms with Gasteiger partial charge in [0.1, 0.15) is 5.82 Å².